The van der Waals surface area contributed by atoms with Crippen LogP contribution in [0.15, 0.2) is 83.0 Å². The Hall–Kier alpha value is -3.23. The highest BCUT2D eigenvalue weighted by Gasteiger charge is 2.19. The molecule has 2 aromatic heterocycles. The Labute approximate surface area is 215 Å². The molecule has 0 atom stereocenters. The third-order valence-electron chi connectivity index (χ3n) is 5.59. The number of urea groups is 1. The van der Waals surface area contributed by atoms with E-state index in [4.69, 9.17) is 0 Å². The largest absolute Gasteiger partial charge is 0.322 e. The first kappa shape index (κ1) is 24.9. The normalized spacial score (nSPS) is 10.9. The van der Waals surface area contributed by atoms with E-state index >= 15 is 0 Å². The molecule has 35 heavy (non-hydrogen) atoms. The Morgan fingerprint density at radius 3 is 2.26 bits per heavy atom. The van der Waals surface area contributed by atoms with Gasteiger partial charge >= 0.3 is 6.03 Å². The Morgan fingerprint density at radius 1 is 0.971 bits per heavy atom. The lowest BCUT2D eigenvalue weighted by Gasteiger charge is -2.25. The minimum absolute atomic E-state index is 0.151. The summed E-state index contributed by atoms with van der Waals surface area (Å²) in [6.45, 7) is 2.96. The van der Waals surface area contributed by atoms with Gasteiger partial charge in [-0.05, 0) is 42.2 Å². The number of nitrogens with one attached hydrogen (secondary N) is 1. The first-order chi connectivity index (χ1) is 17.0. The summed E-state index contributed by atoms with van der Waals surface area (Å²) in [7, 11) is 1.91. The monoisotopic (exact) mass is 503 g/mol. The number of carbonyl (C=O) groups is 1. The molecule has 0 bridgehead atoms. The van der Waals surface area contributed by atoms with Crippen LogP contribution in [0.5, 0.6) is 0 Å². The van der Waals surface area contributed by atoms with E-state index in [1.165, 1.54) is 11.8 Å². The zero-order valence-electron chi connectivity index (χ0n) is 20.4. The van der Waals surface area contributed by atoms with Crippen molar-refractivity contribution >= 4 is 35.2 Å². The standard InChI is InChI=1S/C27H29N5OS2/c1-19-14-24(34-3)25(26(29-19)35-4)30-27(33)32(16-20-8-6-5-7-9-20)17-21-10-12-22(13-11-21)23-15-28-31(2)18-23/h5-15,18H,16-17H2,1-4H3,(H,30,33). The van der Waals surface area contributed by atoms with Crippen molar-refractivity contribution in [1.82, 2.24) is 19.7 Å². The molecule has 2 heterocycles. The topological polar surface area (TPSA) is 63.1 Å². The molecule has 4 rings (SSSR count). The van der Waals surface area contributed by atoms with E-state index in [-0.39, 0.29) is 6.03 Å². The molecule has 0 aliphatic rings. The van der Waals surface area contributed by atoms with Crippen LogP contribution in [0.25, 0.3) is 11.1 Å². The maximum absolute atomic E-state index is 13.6. The molecule has 2 amide bonds. The lowest BCUT2D eigenvalue weighted by atomic mass is 10.1. The summed E-state index contributed by atoms with van der Waals surface area (Å²) in [5.74, 6) is 0. The van der Waals surface area contributed by atoms with Gasteiger partial charge < -0.3 is 10.2 Å². The summed E-state index contributed by atoms with van der Waals surface area (Å²) in [6.07, 6.45) is 7.84. The third-order valence-corrected chi connectivity index (χ3v) is 7.04. The fraction of sp³-hybridized carbons (Fsp3) is 0.222. The molecule has 0 saturated carbocycles. The predicted octanol–water partition coefficient (Wildman–Crippen LogP) is 6.47. The third kappa shape index (κ3) is 6.26. The van der Waals surface area contributed by atoms with Gasteiger partial charge in [-0.15, -0.1) is 23.5 Å². The zero-order valence-corrected chi connectivity index (χ0v) is 22.0. The van der Waals surface area contributed by atoms with Crippen LogP contribution in [0, 0.1) is 6.92 Å². The number of thioether (sulfide) groups is 2. The highest BCUT2D eigenvalue weighted by Crippen LogP contribution is 2.34. The van der Waals surface area contributed by atoms with Gasteiger partial charge in [0.1, 0.15) is 5.03 Å². The minimum atomic E-state index is -0.151. The van der Waals surface area contributed by atoms with Crippen LogP contribution in [0.2, 0.25) is 0 Å². The first-order valence-corrected chi connectivity index (χ1v) is 13.7. The van der Waals surface area contributed by atoms with Gasteiger partial charge in [-0.2, -0.15) is 5.10 Å². The van der Waals surface area contributed by atoms with Crippen molar-refractivity contribution in [2.24, 2.45) is 7.05 Å². The van der Waals surface area contributed by atoms with E-state index in [1.54, 1.807) is 16.4 Å². The van der Waals surface area contributed by atoms with Crippen LogP contribution >= 0.6 is 23.5 Å². The maximum Gasteiger partial charge on any atom is 0.322 e. The maximum atomic E-state index is 13.6. The number of rotatable bonds is 8. The summed E-state index contributed by atoms with van der Waals surface area (Å²) in [5.41, 5.74) is 6.00. The number of nitrogens with zero attached hydrogens (tertiary/aromatic N) is 4. The minimum Gasteiger partial charge on any atom is -0.316 e. The number of hydrogen-bond donors (Lipinski definition) is 1. The number of anilines is 1. The van der Waals surface area contributed by atoms with E-state index in [1.807, 2.05) is 80.2 Å². The lowest BCUT2D eigenvalue weighted by Crippen LogP contribution is -2.34. The molecule has 0 aliphatic carbocycles. The van der Waals surface area contributed by atoms with Gasteiger partial charge in [0.15, 0.2) is 0 Å². The quantitative estimate of drug-likeness (QED) is 0.279. The van der Waals surface area contributed by atoms with Gasteiger partial charge in [-0.25, -0.2) is 9.78 Å². The van der Waals surface area contributed by atoms with Crippen molar-refractivity contribution in [3.63, 3.8) is 0 Å². The molecule has 0 spiro atoms. The number of aryl methyl sites for hydroxylation is 2. The summed E-state index contributed by atoms with van der Waals surface area (Å²) in [4.78, 5) is 21.1. The van der Waals surface area contributed by atoms with E-state index in [9.17, 15) is 4.79 Å². The zero-order chi connectivity index (χ0) is 24.8. The van der Waals surface area contributed by atoms with Crippen molar-refractivity contribution in [2.75, 3.05) is 17.8 Å². The van der Waals surface area contributed by atoms with E-state index in [0.29, 0.717) is 13.1 Å². The van der Waals surface area contributed by atoms with Gasteiger partial charge in [0, 0.05) is 42.5 Å². The molecule has 0 fully saturated rings. The molecule has 180 valence electrons. The molecule has 0 saturated heterocycles. The summed E-state index contributed by atoms with van der Waals surface area (Å²) < 4.78 is 1.79. The van der Waals surface area contributed by atoms with Gasteiger partial charge in [0.2, 0.25) is 0 Å². The first-order valence-electron chi connectivity index (χ1n) is 11.2. The number of benzene rings is 2. The molecule has 6 nitrogen and oxygen atoms in total. The van der Waals surface area contributed by atoms with Crippen LogP contribution in [-0.4, -0.2) is 38.2 Å². The number of pyridine rings is 1. The SMILES string of the molecule is CSc1cc(C)nc(SC)c1NC(=O)N(Cc1ccccc1)Cc1ccc(-c2cnn(C)c2)cc1. The molecule has 0 unspecified atom stereocenters. The molecule has 0 aliphatic heterocycles. The van der Waals surface area contributed by atoms with Crippen LogP contribution in [0.3, 0.4) is 0 Å². The number of hydrogen-bond acceptors (Lipinski definition) is 5. The number of amides is 2. The summed E-state index contributed by atoms with van der Waals surface area (Å²) >= 11 is 3.15. The highest BCUT2D eigenvalue weighted by molar-refractivity contribution is 7.99. The van der Waals surface area contributed by atoms with Gasteiger partial charge in [-0.1, -0.05) is 54.6 Å². The van der Waals surface area contributed by atoms with Crippen LogP contribution in [0.4, 0.5) is 10.5 Å². The molecular formula is C27H29N5OS2. The van der Waals surface area contributed by atoms with Crippen molar-refractivity contribution in [3.05, 3.63) is 89.9 Å². The van der Waals surface area contributed by atoms with Crippen molar-refractivity contribution in [3.8, 4) is 11.1 Å². The highest BCUT2D eigenvalue weighted by atomic mass is 32.2. The van der Waals surface area contributed by atoms with Crippen molar-refractivity contribution in [2.45, 2.75) is 29.9 Å². The second-order valence-corrected chi connectivity index (χ2v) is 9.86. The van der Waals surface area contributed by atoms with Crippen molar-refractivity contribution < 1.29 is 4.79 Å². The second-order valence-electron chi connectivity index (χ2n) is 8.22. The Morgan fingerprint density at radius 2 is 1.66 bits per heavy atom. The Kier molecular flexibility index (Phi) is 8.15. The van der Waals surface area contributed by atoms with Crippen LogP contribution in [0.1, 0.15) is 16.8 Å². The van der Waals surface area contributed by atoms with E-state index in [0.717, 1.165) is 43.6 Å². The lowest BCUT2D eigenvalue weighted by molar-refractivity contribution is 0.206. The van der Waals surface area contributed by atoms with Gasteiger partial charge in [0.25, 0.3) is 0 Å². The summed E-state index contributed by atoms with van der Waals surface area (Å²) in [5, 5.41) is 8.24. The number of aromatic nitrogens is 3. The molecule has 1 N–H and O–H groups in total. The van der Waals surface area contributed by atoms with Crippen LogP contribution < -0.4 is 5.32 Å². The van der Waals surface area contributed by atoms with Gasteiger partial charge in [-0.3, -0.25) is 4.68 Å². The Balaban J connectivity index is 1.59. The molecule has 2 aromatic carbocycles. The fourth-order valence-electron chi connectivity index (χ4n) is 3.82. The average Bonchev–Trinajstić information content (AvgIpc) is 3.31. The predicted molar refractivity (Wildman–Crippen MR) is 146 cm³/mol. The van der Waals surface area contributed by atoms with Crippen molar-refractivity contribution in [1.29, 1.82) is 0 Å². The number of carbonyl (C=O) groups excluding carboxylic acids is 1. The average molecular weight is 504 g/mol. The van der Waals surface area contributed by atoms with Crippen LogP contribution in [-0.2, 0) is 20.1 Å². The smallest absolute Gasteiger partial charge is 0.316 e. The molecular weight excluding hydrogens is 474 g/mol. The molecule has 0 radical (unpaired) electrons. The van der Waals surface area contributed by atoms with Gasteiger partial charge in [0.05, 0.1) is 11.9 Å². The fourth-order valence-corrected chi connectivity index (χ4v) is 5.13. The van der Waals surface area contributed by atoms with E-state index in [2.05, 4.69) is 39.7 Å². The Bertz CT molecular complexity index is 1260. The molecule has 8 heteroatoms. The van der Waals surface area contributed by atoms with E-state index < -0.39 is 0 Å². The second kappa shape index (κ2) is 11.5. The molecule has 4 aromatic rings. The summed E-state index contributed by atoms with van der Waals surface area (Å²) in [6, 6.07) is 20.2.